The van der Waals surface area contributed by atoms with E-state index < -0.39 is 0 Å². The topological polar surface area (TPSA) is 113 Å². The summed E-state index contributed by atoms with van der Waals surface area (Å²) >= 11 is 0. The number of fused-ring (bicyclic) bond motifs is 1. The van der Waals surface area contributed by atoms with Gasteiger partial charge in [0, 0.05) is 12.4 Å². The molecule has 2 N–H and O–H groups in total. The summed E-state index contributed by atoms with van der Waals surface area (Å²) in [6.45, 7) is 0.377. The number of hydrogen-bond donors (Lipinski definition) is 1. The van der Waals surface area contributed by atoms with Crippen molar-refractivity contribution in [1.82, 2.24) is 19.9 Å². The predicted molar refractivity (Wildman–Crippen MR) is 65.8 cm³/mol. The molecule has 0 radical (unpaired) electrons. The molecule has 0 amide bonds. The number of nitrogens with two attached hydrogens (primary N) is 1. The van der Waals surface area contributed by atoms with Gasteiger partial charge in [-0.3, -0.25) is 4.79 Å². The van der Waals surface area contributed by atoms with E-state index in [2.05, 4.69) is 24.7 Å². The highest BCUT2D eigenvalue weighted by Gasteiger charge is 2.07. The van der Waals surface area contributed by atoms with Crippen LogP contribution in [0.15, 0.2) is 12.4 Å². The fourth-order valence-corrected chi connectivity index (χ4v) is 1.42. The minimum atomic E-state index is -0.329. The van der Waals surface area contributed by atoms with Crippen LogP contribution < -0.4 is 5.73 Å². The van der Waals surface area contributed by atoms with Gasteiger partial charge in [0.15, 0.2) is 17.3 Å². The zero-order valence-electron chi connectivity index (χ0n) is 10.4. The van der Waals surface area contributed by atoms with Crippen LogP contribution in [0.1, 0.15) is 12.2 Å². The number of rotatable bonds is 5. The van der Waals surface area contributed by atoms with Gasteiger partial charge in [-0.2, -0.15) is 0 Å². The summed E-state index contributed by atoms with van der Waals surface area (Å²) in [6.07, 6.45) is 3.23. The molecule has 0 saturated heterocycles. The highest BCUT2D eigenvalue weighted by molar-refractivity contribution is 5.80. The minimum absolute atomic E-state index is 0.147. The van der Waals surface area contributed by atoms with Crippen molar-refractivity contribution in [2.75, 3.05) is 19.5 Å². The summed E-state index contributed by atoms with van der Waals surface area (Å²) in [7, 11) is 1.33. The van der Waals surface area contributed by atoms with Crippen LogP contribution in [0.3, 0.4) is 0 Å². The van der Waals surface area contributed by atoms with Crippen molar-refractivity contribution in [2.24, 2.45) is 0 Å². The molecule has 2 rings (SSSR count). The SMILES string of the molecule is COC(=O)CCOCc1nc(N)c2nccnc2n1. The Labute approximate surface area is 109 Å². The zero-order chi connectivity index (χ0) is 13.7. The van der Waals surface area contributed by atoms with E-state index in [1.165, 1.54) is 19.5 Å². The van der Waals surface area contributed by atoms with Crippen molar-refractivity contribution in [1.29, 1.82) is 0 Å². The van der Waals surface area contributed by atoms with Crippen molar-refractivity contribution in [3.63, 3.8) is 0 Å². The molecule has 0 atom stereocenters. The molecule has 2 aromatic rings. The van der Waals surface area contributed by atoms with Gasteiger partial charge in [-0.05, 0) is 0 Å². The summed E-state index contributed by atoms with van der Waals surface area (Å²) in [5.41, 5.74) is 6.62. The lowest BCUT2D eigenvalue weighted by atomic mass is 10.4. The molecule has 100 valence electrons. The number of anilines is 1. The Balaban J connectivity index is 1.99. The van der Waals surface area contributed by atoms with E-state index in [1.54, 1.807) is 0 Å². The average Bonchev–Trinajstić information content (AvgIpc) is 2.43. The number of ether oxygens (including phenoxy) is 2. The van der Waals surface area contributed by atoms with Crippen molar-refractivity contribution >= 4 is 23.0 Å². The number of nitrogens with zero attached hydrogens (tertiary/aromatic N) is 4. The van der Waals surface area contributed by atoms with Gasteiger partial charge in [0.05, 0.1) is 20.1 Å². The number of hydrogen-bond acceptors (Lipinski definition) is 8. The standard InChI is InChI=1S/C11H13N5O3/c1-18-8(17)2-5-19-6-7-15-10(12)9-11(16-7)14-4-3-13-9/h3-4H,2,5-6H2,1H3,(H2,12,14,15,16). The highest BCUT2D eigenvalue weighted by Crippen LogP contribution is 2.12. The van der Waals surface area contributed by atoms with Crippen LogP contribution >= 0.6 is 0 Å². The smallest absolute Gasteiger partial charge is 0.307 e. The molecule has 0 aliphatic heterocycles. The van der Waals surface area contributed by atoms with Crippen molar-refractivity contribution in [3.8, 4) is 0 Å². The van der Waals surface area contributed by atoms with Crippen LogP contribution in [0, 0.1) is 0 Å². The van der Waals surface area contributed by atoms with Gasteiger partial charge in [0.2, 0.25) is 0 Å². The van der Waals surface area contributed by atoms with E-state index in [-0.39, 0.29) is 31.4 Å². The summed E-state index contributed by atoms with van der Waals surface area (Å²) in [5, 5.41) is 0. The normalized spacial score (nSPS) is 10.6. The molecule has 8 nitrogen and oxygen atoms in total. The quantitative estimate of drug-likeness (QED) is 0.596. The lowest BCUT2D eigenvalue weighted by Crippen LogP contribution is -2.08. The van der Waals surface area contributed by atoms with Gasteiger partial charge < -0.3 is 15.2 Å². The first kappa shape index (κ1) is 13.1. The lowest BCUT2D eigenvalue weighted by molar-refractivity contribution is -0.141. The molecule has 0 fully saturated rings. The fraction of sp³-hybridized carbons (Fsp3) is 0.364. The molecule has 0 saturated carbocycles. The zero-order valence-corrected chi connectivity index (χ0v) is 10.4. The minimum Gasteiger partial charge on any atom is -0.469 e. The van der Waals surface area contributed by atoms with E-state index in [4.69, 9.17) is 10.5 Å². The van der Waals surface area contributed by atoms with E-state index in [9.17, 15) is 4.79 Å². The largest absolute Gasteiger partial charge is 0.469 e. The summed E-state index contributed by atoms with van der Waals surface area (Å²) < 4.78 is 9.76. The molecule has 19 heavy (non-hydrogen) atoms. The van der Waals surface area contributed by atoms with Crippen molar-refractivity contribution in [2.45, 2.75) is 13.0 Å². The van der Waals surface area contributed by atoms with Crippen LogP contribution in [0.5, 0.6) is 0 Å². The van der Waals surface area contributed by atoms with Crippen LogP contribution in [0.25, 0.3) is 11.2 Å². The molecular formula is C11H13N5O3. The number of carbonyl (C=O) groups is 1. The van der Waals surface area contributed by atoms with Gasteiger partial charge in [-0.25, -0.2) is 19.9 Å². The Bertz CT molecular complexity index is 590. The van der Waals surface area contributed by atoms with E-state index in [0.717, 1.165) is 0 Å². The molecule has 0 bridgehead atoms. The van der Waals surface area contributed by atoms with Gasteiger partial charge in [0.25, 0.3) is 0 Å². The molecule has 2 aromatic heterocycles. The Morgan fingerprint density at radius 3 is 2.89 bits per heavy atom. The molecule has 0 aliphatic carbocycles. The first-order valence-electron chi connectivity index (χ1n) is 5.58. The third-order valence-corrected chi connectivity index (χ3v) is 2.32. The third-order valence-electron chi connectivity index (χ3n) is 2.32. The second kappa shape index (κ2) is 6.01. The Morgan fingerprint density at radius 1 is 1.32 bits per heavy atom. The summed E-state index contributed by atoms with van der Waals surface area (Å²) in [6, 6.07) is 0. The van der Waals surface area contributed by atoms with Crippen LogP contribution in [0.4, 0.5) is 5.82 Å². The van der Waals surface area contributed by atoms with Gasteiger partial charge in [-0.1, -0.05) is 0 Å². The maximum atomic E-state index is 10.9. The monoisotopic (exact) mass is 263 g/mol. The number of methoxy groups -OCH3 is 1. The second-order valence-corrected chi connectivity index (χ2v) is 3.63. The van der Waals surface area contributed by atoms with Gasteiger partial charge in [-0.15, -0.1) is 0 Å². The molecule has 0 unspecified atom stereocenters. The molecule has 8 heteroatoms. The predicted octanol–water partition coefficient (Wildman–Crippen LogP) is 0.0817. The highest BCUT2D eigenvalue weighted by atomic mass is 16.5. The third kappa shape index (κ3) is 3.32. The number of nitrogen functional groups attached to an aromatic ring is 1. The molecule has 0 aromatic carbocycles. The first-order chi connectivity index (χ1) is 9.20. The van der Waals surface area contributed by atoms with E-state index in [1.807, 2.05) is 0 Å². The Kier molecular flexibility index (Phi) is 4.14. The molecular weight excluding hydrogens is 250 g/mol. The van der Waals surface area contributed by atoms with Crippen LogP contribution in [-0.2, 0) is 20.9 Å². The number of esters is 1. The van der Waals surface area contributed by atoms with E-state index >= 15 is 0 Å². The Morgan fingerprint density at radius 2 is 2.11 bits per heavy atom. The maximum absolute atomic E-state index is 10.9. The number of aromatic nitrogens is 4. The first-order valence-corrected chi connectivity index (χ1v) is 5.58. The summed E-state index contributed by atoms with van der Waals surface area (Å²) in [5.74, 6) is 0.324. The molecule has 0 spiro atoms. The lowest BCUT2D eigenvalue weighted by Gasteiger charge is -2.05. The molecule has 2 heterocycles. The fourth-order valence-electron chi connectivity index (χ4n) is 1.42. The maximum Gasteiger partial charge on any atom is 0.307 e. The van der Waals surface area contributed by atoms with Crippen molar-refractivity contribution in [3.05, 3.63) is 18.2 Å². The van der Waals surface area contributed by atoms with Gasteiger partial charge >= 0.3 is 5.97 Å². The summed E-state index contributed by atoms with van der Waals surface area (Å²) in [4.78, 5) is 27.2. The average molecular weight is 263 g/mol. The molecule has 0 aliphatic rings. The van der Waals surface area contributed by atoms with Crippen LogP contribution in [-0.4, -0.2) is 39.6 Å². The van der Waals surface area contributed by atoms with Crippen molar-refractivity contribution < 1.29 is 14.3 Å². The van der Waals surface area contributed by atoms with E-state index in [0.29, 0.717) is 17.0 Å². The van der Waals surface area contributed by atoms with Gasteiger partial charge in [0.1, 0.15) is 12.1 Å². The number of carbonyl (C=O) groups excluding carboxylic acids is 1. The Hall–Kier alpha value is -2.35. The van der Waals surface area contributed by atoms with Crippen LogP contribution in [0.2, 0.25) is 0 Å². The second-order valence-electron chi connectivity index (χ2n) is 3.63.